The Morgan fingerprint density at radius 2 is 1.97 bits per heavy atom. The first-order chi connectivity index (χ1) is 15.6. The minimum absolute atomic E-state index is 0.216. The number of amides is 1. The molecular weight excluding hydrogens is 398 g/mol. The van der Waals surface area contributed by atoms with Gasteiger partial charge < -0.3 is 5.73 Å². The van der Waals surface area contributed by atoms with Gasteiger partial charge in [-0.2, -0.15) is 5.10 Å². The van der Waals surface area contributed by atoms with E-state index in [0.29, 0.717) is 12.0 Å². The minimum Gasteiger partial charge on any atom is -0.369 e. The van der Waals surface area contributed by atoms with Crippen molar-refractivity contribution in [1.29, 1.82) is 0 Å². The number of fused-ring (bicyclic) bond motifs is 3. The number of primary amides is 1. The van der Waals surface area contributed by atoms with Gasteiger partial charge in [-0.15, -0.1) is 0 Å². The highest BCUT2D eigenvalue weighted by molar-refractivity contribution is 5.99. The fraction of sp³-hybridized carbons (Fsp3) is 0.308. The van der Waals surface area contributed by atoms with Crippen LogP contribution in [0.4, 0.5) is 0 Å². The summed E-state index contributed by atoms with van der Waals surface area (Å²) in [7, 11) is 0. The minimum atomic E-state index is -0.334. The first-order valence-corrected chi connectivity index (χ1v) is 11.3. The average molecular weight is 424 g/mol. The molecule has 2 bridgehead atoms. The predicted octanol–water partition coefficient (Wildman–Crippen LogP) is 4.71. The van der Waals surface area contributed by atoms with E-state index in [1.165, 1.54) is 36.9 Å². The number of nitrogens with two attached hydrogens (primary N) is 1. The Labute approximate surface area is 186 Å². The smallest absolute Gasteiger partial charge is 0.221 e. The van der Waals surface area contributed by atoms with Gasteiger partial charge in [0.05, 0.1) is 29.4 Å². The van der Waals surface area contributed by atoms with E-state index in [-0.39, 0.29) is 12.3 Å². The monoisotopic (exact) mass is 423 g/mol. The van der Waals surface area contributed by atoms with Gasteiger partial charge in [0.25, 0.3) is 0 Å². The fourth-order valence-electron chi connectivity index (χ4n) is 5.55. The maximum absolute atomic E-state index is 11.6. The summed E-state index contributed by atoms with van der Waals surface area (Å²) < 4.78 is 2.28. The second-order valence-electron chi connectivity index (χ2n) is 9.08. The van der Waals surface area contributed by atoms with E-state index in [4.69, 9.17) is 15.8 Å². The van der Waals surface area contributed by atoms with Crippen molar-refractivity contribution in [1.82, 2.24) is 19.7 Å². The molecule has 1 saturated carbocycles. The lowest BCUT2D eigenvalue weighted by atomic mass is 9.77. The lowest BCUT2D eigenvalue weighted by Gasteiger charge is -2.37. The topological polar surface area (TPSA) is 86.7 Å². The third kappa shape index (κ3) is 3.01. The zero-order valence-electron chi connectivity index (χ0n) is 18.1. The van der Waals surface area contributed by atoms with Crippen molar-refractivity contribution in [2.75, 3.05) is 0 Å². The van der Waals surface area contributed by atoms with Crippen molar-refractivity contribution in [2.24, 2.45) is 5.73 Å². The molecular formula is C26H25N5O. The van der Waals surface area contributed by atoms with Crippen molar-refractivity contribution >= 4 is 16.8 Å². The van der Waals surface area contributed by atoms with E-state index in [1.54, 1.807) is 0 Å². The van der Waals surface area contributed by atoms with Crippen LogP contribution in [0.15, 0.2) is 48.7 Å². The van der Waals surface area contributed by atoms with Gasteiger partial charge in [-0.25, -0.2) is 0 Å². The molecule has 32 heavy (non-hydrogen) atoms. The lowest BCUT2D eigenvalue weighted by molar-refractivity contribution is -0.117. The van der Waals surface area contributed by atoms with Gasteiger partial charge in [-0.05, 0) is 74.1 Å². The summed E-state index contributed by atoms with van der Waals surface area (Å²) in [5.41, 5.74) is 13.7. The van der Waals surface area contributed by atoms with Crippen LogP contribution in [0.2, 0.25) is 0 Å². The zero-order valence-corrected chi connectivity index (χ0v) is 18.1. The Morgan fingerprint density at radius 3 is 2.75 bits per heavy atom. The molecule has 1 aliphatic carbocycles. The van der Waals surface area contributed by atoms with Crippen LogP contribution in [0.3, 0.4) is 0 Å². The van der Waals surface area contributed by atoms with Crippen LogP contribution in [-0.4, -0.2) is 25.7 Å². The summed E-state index contributed by atoms with van der Waals surface area (Å²) >= 11 is 0. The Hall–Kier alpha value is -3.54. The van der Waals surface area contributed by atoms with E-state index in [1.807, 2.05) is 37.4 Å². The van der Waals surface area contributed by atoms with Crippen LogP contribution in [0, 0.1) is 6.92 Å². The third-order valence-corrected chi connectivity index (χ3v) is 6.96. The average Bonchev–Trinajstić information content (AvgIpc) is 3.22. The molecule has 6 nitrogen and oxygen atoms in total. The summed E-state index contributed by atoms with van der Waals surface area (Å²) in [6.07, 6.45) is 6.88. The standard InChI is InChI=1S/C26H25N5O/c1-15-3-2-4-22(29-15)25-24(26-17-6-8-18(9-7-17)31(26)30-25)19-11-12-28-21-10-5-16(13-20(19)21)14-23(27)32/h2-5,10-13,17-18H,6-9,14H2,1H3,(H2,27,32). The molecule has 1 aromatic carbocycles. The highest BCUT2D eigenvalue weighted by atomic mass is 16.1. The first-order valence-electron chi connectivity index (χ1n) is 11.3. The quantitative estimate of drug-likeness (QED) is 0.515. The molecule has 7 rings (SSSR count). The van der Waals surface area contributed by atoms with Gasteiger partial charge in [0.1, 0.15) is 5.69 Å². The molecule has 1 fully saturated rings. The molecule has 0 saturated heterocycles. The fourth-order valence-corrected chi connectivity index (χ4v) is 5.55. The highest BCUT2D eigenvalue weighted by Gasteiger charge is 2.38. The number of carbonyl (C=O) groups is 1. The molecule has 0 spiro atoms. The van der Waals surface area contributed by atoms with Crippen molar-refractivity contribution in [2.45, 2.75) is 51.0 Å². The van der Waals surface area contributed by atoms with Gasteiger partial charge in [-0.3, -0.25) is 19.4 Å². The normalized spacial score (nSPS) is 19.3. The van der Waals surface area contributed by atoms with Gasteiger partial charge in [0, 0.05) is 28.8 Å². The summed E-state index contributed by atoms with van der Waals surface area (Å²) in [5, 5.41) is 6.18. The van der Waals surface area contributed by atoms with Crippen LogP contribution < -0.4 is 5.73 Å². The molecule has 0 radical (unpaired) electrons. The van der Waals surface area contributed by atoms with Gasteiger partial charge in [0.2, 0.25) is 5.91 Å². The molecule has 0 unspecified atom stereocenters. The van der Waals surface area contributed by atoms with Crippen molar-refractivity contribution in [3.05, 3.63) is 65.6 Å². The molecule has 6 heteroatoms. The number of hydrogen-bond donors (Lipinski definition) is 1. The number of benzene rings is 1. The van der Waals surface area contributed by atoms with Crippen molar-refractivity contribution in [3.63, 3.8) is 0 Å². The van der Waals surface area contributed by atoms with Gasteiger partial charge in [-0.1, -0.05) is 12.1 Å². The molecule has 1 amide bonds. The Morgan fingerprint density at radius 1 is 1.12 bits per heavy atom. The number of aromatic nitrogens is 4. The van der Waals surface area contributed by atoms with E-state index in [0.717, 1.165) is 39.1 Å². The molecule has 3 aliphatic rings. The van der Waals surface area contributed by atoms with Crippen molar-refractivity contribution in [3.8, 4) is 22.5 Å². The molecule has 4 aromatic rings. The van der Waals surface area contributed by atoms with Crippen molar-refractivity contribution < 1.29 is 4.79 Å². The molecule has 160 valence electrons. The number of hydrogen-bond acceptors (Lipinski definition) is 4. The predicted molar refractivity (Wildman–Crippen MR) is 124 cm³/mol. The number of nitrogens with zero attached hydrogens (tertiary/aromatic N) is 4. The summed E-state index contributed by atoms with van der Waals surface area (Å²) in [6, 6.07) is 14.6. The van der Waals surface area contributed by atoms with Gasteiger partial charge in [0.15, 0.2) is 0 Å². The summed E-state index contributed by atoms with van der Waals surface area (Å²) in [6.45, 7) is 2.01. The molecule has 0 atom stereocenters. The van der Waals surface area contributed by atoms with Crippen LogP contribution in [0.25, 0.3) is 33.4 Å². The molecule has 3 aromatic heterocycles. The Bertz CT molecular complexity index is 1360. The van der Waals surface area contributed by atoms with Crippen LogP contribution in [0.1, 0.15) is 54.6 Å². The van der Waals surface area contributed by atoms with E-state index in [9.17, 15) is 4.79 Å². The molecule has 2 aliphatic heterocycles. The second-order valence-corrected chi connectivity index (χ2v) is 9.08. The summed E-state index contributed by atoms with van der Waals surface area (Å²) in [5.74, 6) is 0.178. The summed E-state index contributed by atoms with van der Waals surface area (Å²) in [4.78, 5) is 21.0. The van der Waals surface area contributed by atoms with Gasteiger partial charge >= 0.3 is 0 Å². The Balaban J connectivity index is 1.65. The van der Waals surface area contributed by atoms with E-state index < -0.39 is 0 Å². The molecule has 2 N–H and O–H groups in total. The number of rotatable bonds is 4. The highest BCUT2D eigenvalue weighted by Crippen LogP contribution is 2.51. The maximum atomic E-state index is 11.6. The van der Waals surface area contributed by atoms with Crippen LogP contribution in [-0.2, 0) is 11.2 Å². The lowest BCUT2D eigenvalue weighted by Crippen LogP contribution is -2.28. The number of carbonyl (C=O) groups excluding carboxylic acids is 1. The maximum Gasteiger partial charge on any atom is 0.221 e. The number of aryl methyl sites for hydroxylation is 1. The largest absolute Gasteiger partial charge is 0.369 e. The molecule has 5 heterocycles. The third-order valence-electron chi connectivity index (χ3n) is 6.96. The number of pyridine rings is 2. The second kappa shape index (κ2) is 7.26. The van der Waals surface area contributed by atoms with E-state index >= 15 is 0 Å². The zero-order chi connectivity index (χ0) is 21.8. The van der Waals surface area contributed by atoms with E-state index in [2.05, 4.69) is 27.9 Å². The van der Waals surface area contributed by atoms with Crippen LogP contribution >= 0.6 is 0 Å². The Kier molecular flexibility index (Phi) is 4.35. The van der Waals surface area contributed by atoms with Crippen LogP contribution in [0.5, 0.6) is 0 Å². The first kappa shape index (κ1) is 19.2. The SMILES string of the molecule is Cc1cccc(-c2nn3c(c2-c2ccnc4ccc(CC(N)=O)cc24)C2CCC3CC2)n1.